The molecule has 0 saturated heterocycles. The summed E-state index contributed by atoms with van der Waals surface area (Å²) in [6, 6.07) is 12.0. The summed E-state index contributed by atoms with van der Waals surface area (Å²) >= 11 is 0. The third-order valence-corrected chi connectivity index (χ3v) is 3.03. The van der Waals surface area contributed by atoms with Gasteiger partial charge in [-0.1, -0.05) is 6.07 Å². The first kappa shape index (κ1) is 14.0. The molecule has 0 aliphatic heterocycles. The van der Waals surface area contributed by atoms with Crippen LogP contribution in [0.1, 0.15) is 11.1 Å². The predicted octanol–water partition coefficient (Wildman–Crippen LogP) is 3.09. The van der Waals surface area contributed by atoms with Crippen LogP contribution in [0, 0.1) is 17.1 Å². The van der Waals surface area contributed by atoms with Crippen molar-refractivity contribution < 1.29 is 9.13 Å². The quantitative estimate of drug-likeness (QED) is 0.928. The molecule has 0 heterocycles. The average Bonchev–Trinajstić information content (AvgIpc) is 2.49. The lowest BCUT2D eigenvalue weighted by Gasteiger charge is -2.11. The van der Waals surface area contributed by atoms with Crippen LogP contribution in [0.2, 0.25) is 0 Å². The number of nitriles is 1. The second-order valence-corrected chi connectivity index (χ2v) is 4.37. The number of nitrogens with one attached hydrogen (secondary N) is 1. The number of benzene rings is 2. The molecule has 2 aromatic rings. The number of hydrogen-bond donors (Lipinski definition) is 1. The Hall–Kier alpha value is -2.38. The third-order valence-electron chi connectivity index (χ3n) is 3.03. The van der Waals surface area contributed by atoms with Gasteiger partial charge in [0, 0.05) is 17.7 Å². The Kier molecular flexibility index (Phi) is 4.34. The van der Waals surface area contributed by atoms with Crippen LogP contribution in [0.4, 0.5) is 4.39 Å². The summed E-state index contributed by atoms with van der Waals surface area (Å²) in [5.41, 5.74) is 2.46. The van der Waals surface area contributed by atoms with Gasteiger partial charge in [0.2, 0.25) is 0 Å². The molecule has 0 saturated carbocycles. The first-order valence-corrected chi connectivity index (χ1v) is 6.21. The molecule has 0 spiro atoms. The standard InChI is InChI=1S/C16H15FN2O/c1-19-10-12-3-5-15(17)13(8-12)14-7-11(9-18)4-6-16(14)20-2/h3-8,19H,10H2,1-2H3. The topological polar surface area (TPSA) is 45.0 Å². The Labute approximate surface area is 117 Å². The highest BCUT2D eigenvalue weighted by atomic mass is 19.1. The van der Waals surface area contributed by atoms with Gasteiger partial charge >= 0.3 is 0 Å². The monoisotopic (exact) mass is 270 g/mol. The Morgan fingerprint density at radius 1 is 1.20 bits per heavy atom. The molecule has 0 bridgehead atoms. The number of ether oxygens (including phenoxy) is 1. The minimum Gasteiger partial charge on any atom is -0.496 e. The van der Waals surface area contributed by atoms with Crippen LogP contribution in [0.3, 0.4) is 0 Å². The van der Waals surface area contributed by atoms with Crippen molar-refractivity contribution in [1.82, 2.24) is 5.32 Å². The Balaban J connectivity index is 2.60. The fourth-order valence-corrected chi connectivity index (χ4v) is 2.08. The normalized spacial score (nSPS) is 10.1. The maximum absolute atomic E-state index is 14.1. The van der Waals surface area contributed by atoms with Gasteiger partial charge in [0.05, 0.1) is 18.7 Å². The lowest BCUT2D eigenvalue weighted by Crippen LogP contribution is -2.05. The van der Waals surface area contributed by atoms with Crippen LogP contribution in [0.5, 0.6) is 5.75 Å². The molecule has 3 nitrogen and oxygen atoms in total. The first-order valence-electron chi connectivity index (χ1n) is 6.21. The number of hydrogen-bond acceptors (Lipinski definition) is 3. The number of methoxy groups -OCH3 is 1. The molecule has 20 heavy (non-hydrogen) atoms. The van der Waals surface area contributed by atoms with Gasteiger partial charge in [-0.25, -0.2) is 4.39 Å². The molecule has 2 rings (SSSR count). The van der Waals surface area contributed by atoms with Gasteiger partial charge in [0.15, 0.2) is 0 Å². The molecule has 0 fully saturated rings. The maximum atomic E-state index is 14.1. The van der Waals surface area contributed by atoms with Crippen LogP contribution in [-0.4, -0.2) is 14.2 Å². The van der Waals surface area contributed by atoms with Gasteiger partial charge in [-0.3, -0.25) is 0 Å². The SMILES string of the molecule is CNCc1ccc(F)c(-c2cc(C#N)ccc2OC)c1. The zero-order valence-corrected chi connectivity index (χ0v) is 11.4. The van der Waals surface area contributed by atoms with Crippen LogP contribution in [0.25, 0.3) is 11.1 Å². The highest BCUT2D eigenvalue weighted by Crippen LogP contribution is 2.33. The van der Waals surface area contributed by atoms with Crippen LogP contribution in [-0.2, 0) is 6.54 Å². The summed E-state index contributed by atoms with van der Waals surface area (Å²) in [4.78, 5) is 0. The molecule has 0 aliphatic rings. The number of halogens is 1. The lowest BCUT2D eigenvalue weighted by molar-refractivity contribution is 0.416. The molecule has 1 N–H and O–H groups in total. The molecule has 0 amide bonds. The van der Waals surface area contributed by atoms with Crippen molar-refractivity contribution in [2.24, 2.45) is 0 Å². The summed E-state index contributed by atoms with van der Waals surface area (Å²) in [5.74, 6) is 0.211. The summed E-state index contributed by atoms with van der Waals surface area (Å²) in [5, 5.41) is 12.0. The molecular weight excluding hydrogens is 255 g/mol. The van der Waals surface area contributed by atoms with Gasteiger partial charge in [-0.05, 0) is 42.9 Å². The summed E-state index contributed by atoms with van der Waals surface area (Å²) in [6.07, 6.45) is 0. The molecule has 0 aliphatic carbocycles. The van der Waals surface area contributed by atoms with Crippen LogP contribution >= 0.6 is 0 Å². The predicted molar refractivity (Wildman–Crippen MR) is 75.9 cm³/mol. The van der Waals surface area contributed by atoms with E-state index in [1.165, 1.54) is 13.2 Å². The van der Waals surface area contributed by atoms with Crippen molar-refractivity contribution in [1.29, 1.82) is 5.26 Å². The fraction of sp³-hybridized carbons (Fsp3) is 0.188. The molecule has 102 valence electrons. The lowest BCUT2D eigenvalue weighted by atomic mass is 9.99. The van der Waals surface area contributed by atoms with E-state index in [0.717, 1.165) is 5.56 Å². The van der Waals surface area contributed by atoms with E-state index in [4.69, 9.17) is 10.00 Å². The second-order valence-electron chi connectivity index (χ2n) is 4.37. The minimum absolute atomic E-state index is 0.335. The Bertz CT molecular complexity index is 662. The van der Waals surface area contributed by atoms with E-state index in [0.29, 0.717) is 29.0 Å². The Morgan fingerprint density at radius 2 is 2.00 bits per heavy atom. The minimum atomic E-state index is -0.335. The molecular formula is C16H15FN2O. The molecule has 4 heteroatoms. The van der Waals surface area contributed by atoms with Gasteiger partial charge in [0.1, 0.15) is 11.6 Å². The van der Waals surface area contributed by atoms with Gasteiger partial charge < -0.3 is 10.1 Å². The van der Waals surface area contributed by atoms with Gasteiger partial charge in [-0.15, -0.1) is 0 Å². The van der Waals surface area contributed by atoms with Crippen molar-refractivity contribution >= 4 is 0 Å². The van der Waals surface area contributed by atoms with E-state index in [-0.39, 0.29) is 5.82 Å². The van der Waals surface area contributed by atoms with Crippen molar-refractivity contribution in [3.63, 3.8) is 0 Å². The van der Waals surface area contributed by atoms with Crippen molar-refractivity contribution in [3.8, 4) is 22.9 Å². The van der Waals surface area contributed by atoms with Crippen LogP contribution < -0.4 is 10.1 Å². The van der Waals surface area contributed by atoms with Gasteiger partial charge in [0.25, 0.3) is 0 Å². The van der Waals surface area contributed by atoms with Crippen LogP contribution in [0.15, 0.2) is 36.4 Å². The molecule has 2 aromatic carbocycles. The van der Waals surface area contributed by atoms with E-state index in [2.05, 4.69) is 11.4 Å². The molecule has 0 atom stereocenters. The highest BCUT2D eigenvalue weighted by molar-refractivity contribution is 5.73. The van der Waals surface area contributed by atoms with Gasteiger partial charge in [-0.2, -0.15) is 5.26 Å². The van der Waals surface area contributed by atoms with E-state index in [1.807, 2.05) is 7.05 Å². The summed E-state index contributed by atoms with van der Waals surface area (Å²) in [6.45, 7) is 0.646. The molecule has 0 radical (unpaired) electrons. The highest BCUT2D eigenvalue weighted by Gasteiger charge is 2.12. The smallest absolute Gasteiger partial charge is 0.131 e. The first-order chi connectivity index (χ1) is 9.69. The van der Waals surface area contributed by atoms with E-state index >= 15 is 0 Å². The molecule has 0 unspecified atom stereocenters. The molecule has 0 aromatic heterocycles. The Morgan fingerprint density at radius 3 is 2.65 bits per heavy atom. The second kappa shape index (κ2) is 6.18. The maximum Gasteiger partial charge on any atom is 0.131 e. The number of rotatable bonds is 4. The number of nitrogens with zero attached hydrogens (tertiary/aromatic N) is 1. The summed E-state index contributed by atoms with van der Waals surface area (Å²) in [7, 11) is 3.36. The summed E-state index contributed by atoms with van der Waals surface area (Å²) < 4.78 is 19.4. The van der Waals surface area contributed by atoms with Crippen molar-refractivity contribution in [2.45, 2.75) is 6.54 Å². The van der Waals surface area contributed by atoms with E-state index in [1.54, 1.807) is 30.3 Å². The zero-order chi connectivity index (χ0) is 14.5. The fourth-order valence-electron chi connectivity index (χ4n) is 2.08. The van der Waals surface area contributed by atoms with E-state index < -0.39 is 0 Å². The third kappa shape index (κ3) is 2.79. The van der Waals surface area contributed by atoms with Crippen molar-refractivity contribution in [3.05, 3.63) is 53.3 Å². The van der Waals surface area contributed by atoms with Crippen molar-refractivity contribution in [2.75, 3.05) is 14.2 Å². The largest absolute Gasteiger partial charge is 0.496 e. The zero-order valence-electron chi connectivity index (χ0n) is 11.4. The van der Waals surface area contributed by atoms with E-state index in [9.17, 15) is 4.39 Å². The average molecular weight is 270 g/mol.